The lowest BCUT2D eigenvalue weighted by atomic mass is 10.1. The van der Waals surface area contributed by atoms with Gasteiger partial charge in [-0.3, -0.25) is 0 Å². The molecule has 0 spiro atoms. The van der Waals surface area contributed by atoms with Crippen molar-refractivity contribution in [1.29, 1.82) is 0 Å². The molecule has 0 aliphatic heterocycles. The lowest BCUT2D eigenvalue weighted by Gasteiger charge is -2.42. The highest BCUT2D eigenvalue weighted by Crippen LogP contribution is 2.33. The van der Waals surface area contributed by atoms with Crippen LogP contribution in [-0.2, 0) is 30.7 Å². The van der Waals surface area contributed by atoms with Crippen LogP contribution in [0, 0.1) is 0 Å². The van der Waals surface area contributed by atoms with Crippen molar-refractivity contribution in [2.75, 3.05) is 0 Å². The van der Waals surface area contributed by atoms with Crippen LogP contribution in [0.4, 0.5) is 0 Å². The van der Waals surface area contributed by atoms with Crippen LogP contribution < -0.4 is 0 Å². The third-order valence-electron chi connectivity index (χ3n) is 11.1. The molecule has 7 nitrogen and oxygen atoms in total. The quantitative estimate of drug-likeness (QED) is 0.0447. The Morgan fingerprint density at radius 2 is 0.404 bits per heavy atom. The first kappa shape index (κ1) is 57.2. The molecule has 0 aromatic heterocycles. The second-order valence-corrected chi connectivity index (χ2v) is 22.0. The summed E-state index contributed by atoms with van der Waals surface area (Å²) in [5, 5.41) is 0. The van der Waals surface area contributed by atoms with Crippen molar-refractivity contribution < 1.29 is 30.7 Å². The smallest absolute Gasteiger partial charge is 0.349 e. The third-order valence-corrected chi connectivity index (χ3v) is 17.3. The second kappa shape index (κ2) is 37.9. The first-order chi connectivity index (χ1) is 27.4. The van der Waals surface area contributed by atoms with E-state index in [4.69, 9.17) is 30.7 Å². The van der Waals surface area contributed by atoms with Gasteiger partial charge in [-0.2, -0.15) is 0 Å². The van der Waals surface area contributed by atoms with Gasteiger partial charge in [-0.05, 0) is 80.1 Å². The SMILES string of the molecule is CCCCCCC(C)O[Si](OC(C)CCCCCC)(OC(C)CCCCCC)O[Si](OC(C)CCCCCC)(OC(C)CCCCCC)OC(C)CCCCCC. The molecule has 6 unspecified atom stereocenters. The van der Waals surface area contributed by atoms with Gasteiger partial charge in [-0.15, -0.1) is 0 Å². The molecule has 0 fully saturated rings. The maximum atomic E-state index is 7.56. The molecule has 0 saturated carbocycles. The number of hydrogen-bond acceptors (Lipinski definition) is 7. The van der Waals surface area contributed by atoms with E-state index in [1.807, 2.05) is 0 Å². The summed E-state index contributed by atoms with van der Waals surface area (Å²) < 4.78 is 50.9. The fraction of sp³-hybridized carbons (Fsp3) is 1.00. The van der Waals surface area contributed by atoms with Gasteiger partial charge in [0.15, 0.2) is 0 Å². The molecule has 0 rings (SSSR count). The summed E-state index contributed by atoms with van der Waals surface area (Å²) in [6.45, 7) is 26.7. The van der Waals surface area contributed by atoms with Crippen LogP contribution in [0.3, 0.4) is 0 Å². The number of hydrogen-bond donors (Lipinski definition) is 0. The van der Waals surface area contributed by atoms with Crippen LogP contribution >= 0.6 is 0 Å². The Morgan fingerprint density at radius 3 is 0.544 bits per heavy atom. The van der Waals surface area contributed by atoms with Crippen molar-refractivity contribution in [3.8, 4) is 0 Å². The van der Waals surface area contributed by atoms with E-state index >= 15 is 0 Å². The van der Waals surface area contributed by atoms with E-state index in [2.05, 4.69) is 83.1 Å². The lowest BCUT2D eigenvalue weighted by molar-refractivity contribution is -0.120. The summed E-state index contributed by atoms with van der Waals surface area (Å²) in [6.07, 6.45) is 33.3. The Hall–Kier alpha value is 0.154. The molecule has 6 atom stereocenters. The van der Waals surface area contributed by atoms with Crippen LogP contribution in [0.15, 0.2) is 0 Å². The molecule has 9 heteroatoms. The van der Waals surface area contributed by atoms with Gasteiger partial charge < -0.3 is 30.7 Å². The molecule has 0 aromatic rings. The van der Waals surface area contributed by atoms with E-state index in [0.29, 0.717) is 0 Å². The highest BCUT2D eigenvalue weighted by Gasteiger charge is 2.63. The summed E-state index contributed by atoms with van der Waals surface area (Å²) >= 11 is 0. The van der Waals surface area contributed by atoms with Gasteiger partial charge in [0.1, 0.15) is 0 Å². The van der Waals surface area contributed by atoms with Gasteiger partial charge in [0.25, 0.3) is 0 Å². The average molecular weight is 848 g/mol. The first-order valence-corrected chi connectivity index (χ1v) is 28.5. The lowest BCUT2D eigenvalue weighted by Crippen LogP contribution is -2.66. The van der Waals surface area contributed by atoms with Gasteiger partial charge >= 0.3 is 18.1 Å². The molecule has 0 aliphatic rings. The summed E-state index contributed by atoms with van der Waals surface area (Å²) in [4.78, 5) is 0. The van der Waals surface area contributed by atoms with Crippen molar-refractivity contribution in [2.45, 2.75) is 312 Å². The van der Waals surface area contributed by atoms with Gasteiger partial charge in [0.2, 0.25) is 0 Å². The van der Waals surface area contributed by atoms with Gasteiger partial charge in [0, 0.05) is 36.6 Å². The van der Waals surface area contributed by atoms with Crippen LogP contribution in [0.1, 0.15) is 276 Å². The molecule has 0 radical (unpaired) electrons. The van der Waals surface area contributed by atoms with Gasteiger partial charge in [0.05, 0.1) is 0 Å². The van der Waals surface area contributed by atoms with E-state index in [-0.39, 0.29) is 36.6 Å². The van der Waals surface area contributed by atoms with Crippen molar-refractivity contribution in [3.05, 3.63) is 0 Å². The van der Waals surface area contributed by atoms with Gasteiger partial charge in [-0.1, -0.05) is 196 Å². The van der Waals surface area contributed by atoms with Gasteiger partial charge in [-0.25, -0.2) is 0 Å². The van der Waals surface area contributed by atoms with E-state index in [1.165, 1.54) is 116 Å². The summed E-state index contributed by atoms with van der Waals surface area (Å²) in [5.74, 6) is 0. The molecule has 0 aliphatic carbocycles. The van der Waals surface area contributed by atoms with Crippen LogP contribution in [0.2, 0.25) is 0 Å². The van der Waals surface area contributed by atoms with Crippen molar-refractivity contribution in [3.63, 3.8) is 0 Å². The maximum absolute atomic E-state index is 7.56. The Morgan fingerprint density at radius 1 is 0.246 bits per heavy atom. The monoisotopic (exact) mass is 847 g/mol. The molecule has 0 heterocycles. The molecule has 344 valence electrons. The number of unbranched alkanes of at least 4 members (excludes halogenated alkanes) is 18. The standard InChI is InChI=1S/C48H102O7Si2/c1-13-19-25-31-37-43(7)49-56(50-44(8)38-32-26-20-14-2,51-45(9)39-33-27-21-15-3)55-57(52-46(10)40-34-28-22-16-4,53-47(11)41-35-29-23-17-5)54-48(12)42-36-30-24-18-6/h43-48H,13-42H2,1-12H3. The minimum atomic E-state index is -3.97. The summed E-state index contributed by atoms with van der Waals surface area (Å²) in [5.41, 5.74) is 0. The minimum Gasteiger partial charge on any atom is -0.349 e. The van der Waals surface area contributed by atoms with E-state index in [9.17, 15) is 0 Å². The normalized spacial score (nSPS) is 17.5. The van der Waals surface area contributed by atoms with E-state index in [0.717, 1.165) is 77.0 Å². The molecule has 0 aromatic carbocycles. The predicted octanol–water partition coefficient (Wildman–Crippen LogP) is 16.1. The van der Waals surface area contributed by atoms with Crippen LogP contribution in [0.25, 0.3) is 0 Å². The Kier molecular flexibility index (Phi) is 38.0. The van der Waals surface area contributed by atoms with E-state index < -0.39 is 18.1 Å². The first-order valence-electron chi connectivity index (χ1n) is 25.2. The fourth-order valence-corrected chi connectivity index (χ4v) is 13.8. The minimum absolute atomic E-state index is 0.107. The molecule has 0 N–H and O–H groups in total. The predicted molar refractivity (Wildman–Crippen MR) is 248 cm³/mol. The summed E-state index contributed by atoms with van der Waals surface area (Å²) in [6, 6.07) is 0. The molecular weight excluding hydrogens is 745 g/mol. The highest BCUT2D eigenvalue weighted by atomic mass is 28.5. The zero-order chi connectivity index (χ0) is 42.6. The van der Waals surface area contributed by atoms with E-state index in [1.54, 1.807) is 0 Å². The second-order valence-electron chi connectivity index (χ2n) is 17.8. The fourth-order valence-electron chi connectivity index (χ4n) is 7.45. The zero-order valence-electron chi connectivity index (χ0n) is 40.5. The molecule has 57 heavy (non-hydrogen) atoms. The van der Waals surface area contributed by atoms with Crippen LogP contribution in [-0.4, -0.2) is 54.7 Å². The Labute approximate surface area is 359 Å². The number of rotatable bonds is 44. The van der Waals surface area contributed by atoms with Crippen LogP contribution in [0.5, 0.6) is 0 Å². The summed E-state index contributed by atoms with van der Waals surface area (Å²) in [7, 11) is -7.94. The van der Waals surface area contributed by atoms with Crippen molar-refractivity contribution in [1.82, 2.24) is 0 Å². The molecule has 0 amide bonds. The Bertz CT molecular complexity index is 685. The average Bonchev–Trinajstić information content (AvgIpc) is 3.15. The zero-order valence-corrected chi connectivity index (χ0v) is 42.5. The topological polar surface area (TPSA) is 64.6 Å². The third kappa shape index (κ3) is 31.6. The maximum Gasteiger partial charge on any atom is 0.674 e. The Balaban J connectivity index is 7.31. The molecule has 0 bridgehead atoms. The van der Waals surface area contributed by atoms with Crippen molar-refractivity contribution >= 4 is 18.1 Å². The molecule has 0 saturated heterocycles. The highest BCUT2D eigenvalue weighted by molar-refractivity contribution is 6.68. The molecular formula is C48H102O7Si2. The largest absolute Gasteiger partial charge is 0.674 e. The van der Waals surface area contributed by atoms with Crippen molar-refractivity contribution in [2.24, 2.45) is 0 Å².